The SMILES string of the molecule is COc1cc(OC(=O)C2CCCCC2)ccc1-c1ccc2c(c1COc1cc(F)ccc1C)C(C)=CC(C)(C)N2. The Balaban J connectivity index is 1.53. The topological polar surface area (TPSA) is 56.8 Å². The van der Waals surface area contributed by atoms with E-state index < -0.39 is 0 Å². The molecule has 1 aliphatic heterocycles. The van der Waals surface area contributed by atoms with Crippen LogP contribution < -0.4 is 19.5 Å². The second-order valence-corrected chi connectivity index (χ2v) is 11.5. The lowest BCUT2D eigenvalue weighted by Gasteiger charge is -2.33. The fourth-order valence-corrected chi connectivity index (χ4v) is 5.98. The number of benzene rings is 3. The molecule has 40 heavy (non-hydrogen) atoms. The lowest BCUT2D eigenvalue weighted by Crippen LogP contribution is -2.32. The number of halogens is 1. The Labute approximate surface area is 236 Å². The molecule has 0 atom stereocenters. The van der Waals surface area contributed by atoms with Crippen LogP contribution in [0.25, 0.3) is 16.7 Å². The number of esters is 1. The summed E-state index contributed by atoms with van der Waals surface area (Å²) in [6, 6.07) is 14.2. The number of hydrogen-bond donors (Lipinski definition) is 1. The molecular formula is C34H38FNO4. The number of carbonyl (C=O) groups is 1. The lowest BCUT2D eigenvalue weighted by atomic mass is 9.85. The van der Waals surface area contributed by atoms with Crippen LogP contribution in [0.1, 0.15) is 69.6 Å². The Kier molecular flexibility index (Phi) is 7.88. The molecule has 5 nitrogen and oxygen atoms in total. The van der Waals surface area contributed by atoms with Gasteiger partial charge in [-0.25, -0.2) is 4.39 Å². The summed E-state index contributed by atoms with van der Waals surface area (Å²) in [4.78, 5) is 12.8. The van der Waals surface area contributed by atoms with E-state index in [1.54, 1.807) is 19.2 Å². The number of rotatable bonds is 7. The van der Waals surface area contributed by atoms with Gasteiger partial charge in [0, 0.05) is 34.5 Å². The van der Waals surface area contributed by atoms with Gasteiger partial charge < -0.3 is 19.5 Å². The predicted molar refractivity (Wildman–Crippen MR) is 157 cm³/mol. The van der Waals surface area contributed by atoms with Crippen molar-refractivity contribution in [1.82, 2.24) is 0 Å². The number of ether oxygens (including phenoxy) is 3. The van der Waals surface area contributed by atoms with Crippen LogP contribution in [0.15, 0.2) is 54.6 Å². The first-order valence-electron chi connectivity index (χ1n) is 14.1. The van der Waals surface area contributed by atoms with E-state index in [2.05, 4.69) is 44.3 Å². The third-order valence-corrected chi connectivity index (χ3v) is 7.88. The fourth-order valence-electron chi connectivity index (χ4n) is 5.98. The highest BCUT2D eigenvalue weighted by Gasteiger charge is 2.28. The van der Waals surface area contributed by atoms with Gasteiger partial charge in [0.15, 0.2) is 0 Å². The van der Waals surface area contributed by atoms with Crippen molar-refractivity contribution in [2.24, 2.45) is 5.92 Å². The van der Waals surface area contributed by atoms with Gasteiger partial charge in [-0.15, -0.1) is 0 Å². The Morgan fingerprint density at radius 2 is 1.73 bits per heavy atom. The van der Waals surface area contributed by atoms with Crippen LogP contribution >= 0.6 is 0 Å². The minimum atomic E-state index is -0.338. The van der Waals surface area contributed by atoms with E-state index in [1.165, 1.54) is 18.6 Å². The molecule has 0 unspecified atom stereocenters. The Morgan fingerprint density at radius 1 is 0.975 bits per heavy atom. The summed E-state index contributed by atoms with van der Waals surface area (Å²) in [5.41, 5.74) is 6.62. The average Bonchev–Trinajstić information content (AvgIpc) is 2.93. The number of anilines is 1. The van der Waals surface area contributed by atoms with Crippen molar-refractivity contribution in [2.75, 3.05) is 12.4 Å². The van der Waals surface area contributed by atoms with E-state index in [-0.39, 0.29) is 29.9 Å². The summed E-state index contributed by atoms with van der Waals surface area (Å²) < 4.78 is 31.9. The molecule has 0 radical (unpaired) electrons. The van der Waals surface area contributed by atoms with Crippen molar-refractivity contribution in [3.63, 3.8) is 0 Å². The maximum Gasteiger partial charge on any atom is 0.314 e. The van der Waals surface area contributed by atoms with Crippen LogP contribution in [0.4, 0.5) is 10.1 Å². The molecule has 210 valence electrons. The maximum atomic E-state index is 14.0. The molecule has 1 N–H and O–H groups in total. The predicted octanol–water partition coefficient (Wildman–Crippen LogP) is 8.48. The van der Waals surface area contributed by atoms with E-state index in [1.807, 2.05) is 19.1 Å². The van der Waals surface area contributed by atoms with Gasteiger partial charge in [-0.3, -0.25) is 4.79 Å². The molecule has 0 aromatic heterocycles. The van der Waals surface area contributed by atoms with Gasteiger partial charge in [0.2, 0.25) is 0 Å². The first kappa shape index (κ1) is 27.8. The average molecular weight is 544 g/mol. The van der Waals surface area contributed by atoms with E-state index >= 15 is 0 Å². The van der Waals surface area contributed by atoms with E-state index in [0.29, 0.717) is 17.2 Å². The van der Waals surface area contributed by atoms with Crippen LogP contribution in [0.2, 0.25) is 0 Å². The molecule has 3 aromatic rings. The summed E-state index contributed by atoms with van der Waals surface area (Å²) in [7, 11) is 1.62. The fraction of sp³-hybridized carbons (Fsp3) is 0.382. The molecule has 5 rings (SSSR count). The highest BCUT2D eigenvalue weighted by molar-refractivity contribution is 5.88. The monoisotopic (exact) mass is 543 g/mol. The van der Waals surface area contributed by atoms with Crippen LogP contribution in [0, 0.1) is 18.7 Å². The normalized spacial score (nSPS) is 16.4. The molecule has 2 aliphatic rings. The molecular weight excluding hydrogens is 505 g/mol. The van der Waals surface area contributed by atoms with Gasteiger partial charge in [-0.2, -0.15) is 0 Å². The second kappa shape index (κ2) is 11.4. The second-order valence-electron chi connectivity index (χ2n) is 11.5. The van der Waals surface area contributed by atoms with Crippen molar-refractivity contribution in [1.29, 1.82) is 0 Å². The number of hydrogen-bond acceptors (Lipinski definition) is 5. The first-order valence-corrected chi connectivity index (χ1v) is 14.1. The van der Waals surface area contributed by atoms with Crippen molar-refractivity contribution in [3.05, 3.63) is 77.1 Å². The lowest BCUT2D eigenvalue weighted by molar-refractivity contribution is -0.139. The van der Waals surface area contributed by atoms with Crippen LogP contribution in [-0.4, -0.2) is 18.6 Å². The van der Waals surface area contributed by atoms with E-state index in [9.17, 15) is 9.18 Å². The van der Waals surface area contributed by atoms with Crippen LogP contribution in [0.5, 0.6) is 17.2 Å². The standard InChI is InChI=1S/C34H38FNO4/c1-21-11-12-24(35)17-30(21)39-20-28-26(15-16-29-32(28)22(2)19-34(3,4)36-29)27-14-13-25(18-31(27)38-5)40-33(37)23-9-7-6-8-10-23/h11-19,23,36H,6-10,20H2,1-5H3. The number of methoxy groups -OCH3 is 1. The third-order valence-electron chi connectivity index (χ3n) is 7.88. The molecule has 1 fully saturated rings. The van der Waals surface area contributed by atoms with Crippen LogP contribution in [-0.2, 0) is 11.4 Å². The van der Waals surface area contributed by atoms with Gasteiger partial charge in [0.05, 0.1) is 18.6 Å². The maximum absolute atomic E-state index is 14.0. The van der Waals surface area contributed by atoms with Gasteiger partial charge >= 0.3 is 5.97 Å². The molecule has 1 heterocycles. The molecule has 3 aromatic carbocycles. The number of allylic oxidation sites excluding steroid dienone is 1. The van der Waals surface area contributed by atoms with Crippen molar-refractivity contribution in [2.45, 2.75) is 71.9 Å². The van der Waals surface area contributed by atoms with Crippen molar-refractivity contribution in [3.8, 4) is 28.4 Å². The zero-order valence-electron chi connectivity index (χ0n) is 24.0. The largest absolute Gasteiger partial charge is 0.496 e. The van der Waals surface area contributed by atoms with Crippen molar-refractivity contribution >= 4 is 17.2 Å². The molecule has 0 amide bonds. The van der Waals surface area contributed by atoms with E-state index in [0.717, 1.165) is 64.8 Å². The minimum absolute atomic E-state index is 0.0402. The third kappa shape index (κ3) is 5.86. The Hall–Kier alpha value is -3.80. The molecule has 6 heteroatoms. The highest BCUT2D eigenvalue weighted by atomic mass is 19.1. The minimum Gasteiger partial charge on any atom is -0.496 e. The number of carbonyl (C=O) groups excluding carboxylic acids is 1. The highest BCUT2D eigenvalue weighted by Crippen LogP contribution is 2.43. The number of nitrogens with one attached hydrogen (secondary N) is 1. The van der Waals surface area contributed by atoms with Gasteiger partial charge in [-0.1, -0.05) is 37.5 Å². The van der Waals surface area contributed by atoms with Crippen LogP contribution in [0.3, 0.4) is 0 Å². The molecule has 1 saturated carbocycles. The van der Waals surface area contributed by atoms with Crippen molar-refractivity contribution < 1.29 is 23.4 Å². The summed E-state index contributed by atoms with van der Waals surface area (Å²) in [5.74, 6) is 1.03. The number of fused-ring (bicyclic) bond motifs is 1. The van der Waals surface area contributed by atoms with Gasteiger partial charge in [0.1, 0.15) is 29.7 Å². The molecule has 0 saturated heterocycles. The molecule has 0 bridgehead atoms. The summed E-state index contributed by atoms with van der Waals surface area (Å²) in [6.45, 7) is 8.51. The molecule has 1 aliphatic carbocycles. The zero-order chi connectivity index (χ0) is 28.4. The number of aryl methyl sites for hydroxylation is 1. The first-order chi connectivity index (χ1) is 19.1. The quantitative estimate of drug-likeness (QED) is 0.239. The van der Waals surface area contributed by atoms with E-state index in [4.69, 9.17) is 14.2 Å². The Morgan fingerprint density at radius 3 is 2.48 bits per heavy atom. The summed E-state index contributed by atoms with van der Waals surface area (Å²) >= 11 is 0. The molecule has 0 spiro atoms. The zero-order valence-corrected chi connectivity index (χ0v) is 24.0. The smallest absolute Gasteiger partial charge is 0.314 e. The van der Waals surface area contributed by atoms with Gasteiger partial charge in [-0.05, 0) is 81.5 Å². The summed E-state index contributed by atoms with van der Waals surface area (Å²) in [6.07, 6.45) is 7.30. The summed E-state index contributed by atoms with van der Waals surface area (Å²) in [5, 5.41) is 3.61. The Bertz CT molecular complexity index is 1450. The van der Waals surface area contributed by atoms with Gasteiger partial charge in [0.25, 0.3) is 0 Å².